The Hall–Kier alpha value is -2.24. The van der Waals surface area contributed by atoms with Gasteiger partial charge in [-0.2, -0.15) is 0 Å². The Balaban J connectivity index is 0.00000324. The van der Waals surface area contributed by atoms with Gasteiger partial charge in [-0.25, -0.2) is 4.99 Å². The lowest BCUT2D eigenvalue weighted by Gasteiger charge is -2.26. The van der Waals surface area contributed by atoms with Crippen LogP contribution in [0.2, 0.25) is 0 Å². The van der Waals surface area contributed by atoms with Crippen molar-refractivity contribution < 1.29 is 4.74 Å². The second kappa shape index (κ2) is 13.0. The van der Waals surface area contributed by atoms with Crippen LogP contribution in [0.25, 0.3) is 10.8 Å². The Morgan fingerprint density at radius 1 is 1.12 bits per heavy atom. The Labute approximate surface area is 219 Å². The van der Waals surface area contributed by atoms with Gasteiger partial charge in [0, 0.05) is 26.7 Å². The number of nitrogens with one attached hydrogen (secondary N) is 2. The van der Waals surface area contributed by atoms with Crippen LogP contribution in [0, 0.1) is 6.92 Å². The minimum absolute atomic E-state index is 0. The molecule has 2 heterocycles. The number of nitrogens with zero attached hydrogens (tertiary/aromatic N) is 5. The molecule has 1 atom stereocenters. The van der Waals surface area contributed by atoms with Gasteiger partial charge in [-0.3, -0.25) is 4.90 Å². The van der Waals surface area contributed by atoms with E-state index in [0.29, 0.717) is 6.54 Å². The highest BCUT2D eigenvalue weighted by Crippen LogP contribution is 2.20. The van der Waals surface area contributed by atoms with Gasteiger partial charge in [0.05, 0.1) is 19.3 Å². The largest absolute Gasteiger partial charge is 0.379 e. The SMILES string of the molecule is Cc1nnc(CN=C(NCCCN2CCOCC2)NC(C)c2ccc3ccccc3c2)n1C.I. The fourth-order valence-electron chi connectivity index (χ4n) is 3.99. The Bertz CT molecular complexity index is 1080. The van der Waals surface area contributed by atoms with Crippen LogP contribution in [-0.4, -0.2) is 65.0 Å². The minimum Gasteiger partial charge on any atom is -0.379 e. The lowest BCUT2D eigenvalue weighted by atomic mass is 10.0. The molecule has 34 heavy (non-hydrogen) atoms. The quantitative estimate of drug-likeness (QED) is 0.185. The molecule has 0 radical (unpaired) electrons. The maximum Gasteiger partial charge on any atom is 0.192 e. The number of aromatic nitrogens is 3. The number of halogens is 1. The van der Waals surface area contributed by atoms with Crippen molar-refractivity contribution in [2.45, 2.75) is 32.9 Å². The predicted molar refractivity (Wildman–Crippen MR) is 148 cm³/mol. The van der Waals surface area contributed by atoms with Crippen LogP contribution in [0.4, 0.5) is 0 Å². The number of guanidine groups is 1. The fraction of sp³-hybridized carbons (Fsp3) is 0.480. The van der Waals surface area contributed by atoms with E-state index in [0.717, 1.165) is 63.4 Å². The number of aryl methyl sites for hydroxylation is 1. The fourth-order valence-corrected chi connectivity index (χ4v) is 3.99. The van der Waals surface area contributed by atoms with Gasteiger partial charge >= 0.3 is 0 Å². The van der Waals surface area contributed by atoms with Crippen molar-refractivity contribution in [1.82, 2.24) is 30.3 Å². The van der Waals surface area contributed by atoms with Crippen LogP contribution in [0.1, 0.15) is 36.6 Å². The van der Waals surface area contributed by atoms with E-state index in [-0.39, 0.29) is 30.0 Å². The van der Waals surface area contributed by atoms with E-state index in [1.54, 1.807) is 0 Å². The molecule has 3 aromatic rings. The summed E-state index contributed by atoms with van der Waals surface area (Å²) < 4.78 is 7.42. The summed E-state index contributed by atoms with van der Waals surface area (Å²) >= 11 is 0. The third kappa shape index (κ3) is 7.13. The molecule has 1 aliphatic rings. The normalized spacial score (nSPS) is 15.7. The molecule has 1 aromatic heterocycles. The smallest absolute Gasteiger partial charge is 0.192 e. The molecule has 0 amide bonds. The van der Waals surface area contributed by atoms with E-state index in [1.165, 1.54) is 16.3 Å². The number of fused-ring (bicyclic) bond motifs is 1. The molecule has 1 fully saturated rings. The Kier molecular flexibility index (Phi) is 10.1. The molecular formula is C25H36IN7O. The Morgan fingerprint density at radius 2 is 1.88 bits per heavy atom. The second-order valence-electron chi connectivity index (χ2n) is 8.59. The molecule has 0 aliphatic carbocycles. The molecule has 2 aromatic carbocycles. The molecule has 184 valence electrons. The zero-order valence-corrected chi connectivity index (χ0v) is 22.7. The van der Waals surface area contributed by atoms with Gasteiger partial charge in [0.15, 0.2) is 11.8 Å². The summed E-state index contributed by atoms with van der Waals surface area (Å²) in [6.07, 6.45) is 1.05. The second-order valence-corrected chi connectivity index (χ2v) is 8.59. The van der Waals surface area contributed by atoms with E-state index in [9.17, 15) is 0 Å². The van der Waals surface area contributed by atoms with Crippen molar-refractivity contribution in [3.05, 3.63) is 59.7 Å². The van der Waals surface area contributed by atoms with Crippen molar-refractivity contribution in [2.24, 2.45) is 12.0 Å². The summed E-state index contributed by atoms with van der Waals surface area (Å²) in [4.78, 5) is 7.27. The lowest BCUT2D eigenvalue weighted by molar-refractivity contribution is 0.0376. The van der Waals surface area contributed by atoms with Crippen molar-refractivity contribution in [1.29, 1.82) is 0 Å². The lowest BCUT2D eigenvalue weighted by Crippen LogP contribution is -2.41. The standard InChI is InChI=1S/C25H35N7O.HI/c1-19(22-10-9-21-7-4-5-8-23(21)17-22)28-25(27-18-24-30-29-20(2)31(24)3)26-11-6-12-32-13-15-33-16-14-32;/h4-5,7-10,17,19H,6,11-16,18H2,1-3H3,(H2,26,27,28);1H. The maximum atomic E-state index is 5.44. The van der Waals surface area contributed by atoms with Crippen LogP contribution in [-0.2, 0) is 18.3 Å². The van der Waals surface area contributed by atoms with Crippen LogP contribution in [0.5, 0.6) is 0 Å². The molecule has 1 unspecified atom stereocenters. The average Bonchev–Trinajstić information content (AvgIpc) is 3.17. The van der Waals surface area contributed by atoms with E-state index in [2.05, 4.69) is 75.1 Å². The van der Waals surface area contributed by atoms with E-state index < -0.39 is 0 Å². The third-order valence-electron chi connectivity index (χ3n) is 6.24. The predicted octanol–water partition coefficient (Wildman–Crippen LogP) is 3.41. The average molecular weight is 578 g/mol. The number of rotatable bonds is 8. The molecule has 0 spiro atoms. The molecular weight excluding hydrogens is 541 g/mol. The van der Waals surface area contributed by atoms with Crippen LogP contribution < -0.4 is 10.6 Å². The van der Waals surface area contributed by atoms with E-state index >= 15 is 0 Å². The first-order valence-corrected chi connectivity index (χ1v) is 11.8. The summed E-state index contributed by atoms with van der Waals surface area (Å²) in [5.74, 6) is 2.52. The number of hydrogen-bond acceptors (Lipinski definition) is 5. The number of ether oxygens (including phenoxy) is 1. The number of benzene rings is 2. The third-order valence-corrected chi connectivity index (χ3v) is 6.24. The summed E-state index contributed by atoms with van der Waals surface area (Å²) in [6.45, 7) is 10.2. The summed E-state index contributed by atoms with van der Waals surface area (Å²) in [6, 6.07) is 15.2. The molecule has 1 saturated heterocycles. The maximum absolute atomic E-state index is 5.44. The van der Waals surface area contributed by atoms with Crippen molar-refractivity contribution in [3.8, 4) is 0 Å². The van der Waals surface area contributed by atoms with E-state index in [1.807, 2.05) is 18.5 Å². The van der Waals surface area contributed by atoms with Gasteiger partial charge < -0.3 is 19.9 Å². The summed E-state index contributed by atoms with van der Waals surface area (Å²) in [5.41, 5.74) is 1.23. The molecule has 0 saturated carbocycles. The van der Waals surface area contributed by atoms with Gasteiger partial charge in [-0.05, 0) is 49.2 Å². The zero-order valence-electron chi connectivity index (χ0n) is 20.3. The first kappa shape index (κ1) is 26.4. The van der Waals surface area contributed by atoms with Crippen molar-refractivity contribution in [3.63, 3.8) is 0 Å². The topological polar surface area (TPSA) is 79.6 Å². The van der Waals surface area contributed by atoms with Crippen LogP contribution >= 0.6 is 24.0 Å². The minimum atomic E-state index is 0. The van der Waals surface area contributed by atoms with Crippen molar-refractivity contribution in [2.75, 3.05) is 39.4 Å². The molecule has 2 N–H and O–H groups in total. The zero-order chi connectivity index (χ0) is 23.0. The highest BCUT2D eigenvalue weighted by molar-refractivity contribution is 14.0. The highest BCUT2D eigenvalue weighted by Gasteiger charge is 2.12. The molecule has 4 rings (SSSR count). The number of morpholine rings is 1. The first-order valence-electron chi connectivity index (χ1n) is 11.8. The molecule has 0 bridgehead atoms. The first-order chi connectivity index (χ1) is 16.1. The van der Waals surface area contributed by atoms with Gasteiger partial charge in [0.25, 0.3) is 0 Å². The van der Waals surface area contributed by atoms with Crippen LogP contribution in [0.3, 0.4) is 0 Å². The highest BCUT2D eigenvalue weighted by atomic mass is 127. The number of hydrogen-bond donors (Lipinski definition) is 2. The van der Waals surface area contributed by atoms with Gasteiger partial charge in [0.2, 0.25) is 0 Å². The van der Waals surface area contributed by atoms with Gasteiger partial charge in [-0.15, -0.1) is 34.2 Å². The summed E-state index contributed by atoms with van der Waals surface area (Å²) in [7, 11) is 1.97. The Morgan fingerprint density at radius 3 is 2.62 bits per heavy atom. The van der Waals surface area contributed by atoms with Crippen LogP contribution in [0.15, 0.2) is 47.5 Å². The molecule has 1 aliphatic heterocycles. The number of aliphatic imine (C=N–C) groups is 1. The molecule has 9 heteroatoms. The van der Waals surface area contributed by atoms with Crippen molar-refractivity contribution >= 4 is 40.7 Å². The van der Waals surface area contributed by atoms with Gasteiger partial charge in [-0.1, -0.05) is 36.4 Å². The monoisotopic (exact) mass is 577 g/mol. The van der Waals surface area contributed by atoms with E-state index in [4.69, 9.17) is 9.73 Å². The van der Waals surface area contributed by atoms with Gasteiger partial charge in [0.1, 0.15) is 12.4 Å². The summed E-state index contributed by atoms with van der Waals surface area (Å²) in [5, 5.41) is 18.0. The molecule has 8 nitrogen and oxygen atoms in total.